The van der Waals surface area contributed by atoms with Crippen LogP contribution in [0.4, 0.5) is 4.39 Å². The molecule has 1 rings (SSSR count). The zero-order valence-corrected chi connectivity index (χ0v) is 11.3. The summed E-state index contributed by atoms with van der Waals surface area (Å²) in [5.41, 5.74) is -0.0302. The number of ether oxygens (including phenoxy) is 3. The van der Waals surface area contributed by atoms with E-state index in [1.54, 1.807) is 13.8 Å². The van der Waals surface area contributed by atoms with Gasteiger partial charge in [-0.2, -0.15) is 0 Å². The second-order valence-corrected chi connectivity index (χ2v) is 4.12. The smallest absolute Gasteiger partial charge is 0.339 e. The lowest BCUT2D eigenvalue weighted by molar-refractivity contribution is -0.150. The number of hydrogen-bond acceptors (Lipinski definition) is 5. The van der Waals surface area contributed by atoms with Crippen LogP contribution in [0.3, 0.4) is 0 Å². The van der Waals surface area contributed by atoms with Gasteiger partial charge in [0.2, 0.25) is 0 Å². The molecule has 0 amide bonds. The first-order valence-electron chi connectivity index (χ1n) is 5.70. The summed E-state index contributed by atoms with van der Waals surface area (Å²) >= 11 is 0. The van der Waals surface area contributed by atoms with Crippen LogP contribution in [0.2, 0.25) is 0 Å². The number of carbonyl (C=O) groups is 1. The van der Waals surface area contributed by atoms with Crippen LogP contribution in [0.5, 0.6) is 11.5 Å². The molecule has 0 bridgehead atoms. The molecule has 1 atom stereocenters. The van der Waals surface area contributed by atoms with Gasteiger partial charge < -0.3 is 19.3 Å². The quantitative estimate of drug-likeness (QED) is 0.828. The highest BCUT2D eigenvalue weighted by atomic mass is 19.1. The van der Waals surface area contributed by atoms with Crippen molar-refractivity contribution in [1.29, 1.82) is 0 Å². The van der Waals surface area contributed by atoms with Gasteiger partial charge in [-0.3, -0.25) is 0 Å². The molecule has 6 heteroatoms. The zero-order chi connectivity index (χ0) is 14.6. The highest BCUT2D eigenvalue weighted by Gasteiger charge is 2.26. The highest BCUT2D eigenvalue weighted by molar-refractivity contribution is 5.77. The number of halogens is 1. The molecule has 0 aromatic heterocycles. The second kappa shape index (κ2) is 6.38. The first-order valence-corrected chi connectivity index (χ1v) is 5.70. The van der Waals surface area contributed by atoms with Gasteiger partial charge >= 0.3 is 5.97 Å². The van der Waals surface area contributed by atoms with Crippen molar-refractivity contribution >= 4 is 5.97 Å². The molecule has 1 aromatic carbocycles. The number of rotatable bonds is 5. The van der Waals surface area contributed by atoms with Gasteiger partial charge in [-0.25, -0.2) is 9.18 Å². The van der Waals surface area contributed by atoms with Crippen LogP contribution in [0.1, 0.15) is 25.5 Å². The van der Waals surface area contributed by atoms with Gasteiger partial charge in [0.15, 0.2) is 17.6 Å². The van der Waals surface area contributed by atoms with E-state index in [0.717, 1.165) is 19.2 Å². The van der Waals surface area contributed by atoms with Crippen LogP contribution in [-0.4, -0.2) is 31.4 Å². The predicted molar refractivity (Wildman–Crippen MR) is 65.7 cm³/mol. The Kier molecular flexibility index (Phi) is 5.11. The van der Waals surface area contributed by atoms with E-state index in [4.69, 9.17) is 9.47 Å². The maximum Gasteiger partial charge on any atom is 0.339 e. The fourth-order valence-electron chi connectivity index (χ4n) is 1.54. The first-order chi connectivity index (χ1) is 8.90. The molecular formula is C13H17FO5. The van der Waals surface area contributed by atoms with Crippen LogP contribution in [0.25, 0.3) is 0 Å². The number of esters is 1. The fourth-order valence-corrected chi connectivity index (χ4v) is 1.54. The monoisotopic (exact) mass is 272 g/mol. The summed E-state index contributed by atoms with van der Waals surface area (Å²) in [7, 11) is 2.47. The number of benzene rings is 1. The van der Waals surface area contributed by atoms with Crippen molar-refractivity contribution in [2.24, 2.45) is 0 Å². The minimum atomic E-state index is -1.64. The SMILES string of the molecule is COC(=O)C(O)c1cc(F)cc(OC)c1OC(C)C. The van der Waals surface area contributed by atoms with Crippen molar-refractivity contribution in [2.45, 2.75) is 26.1 Å². The van der Waals surface area contributed by atoms with E-state index in [2.05, 4.69) is 4.74 Å². The molecule has 0 fully saturated rings. The molecule has 1 aromatic rings. The Morgan fingerprint density at radius 2 is 1.95 bits per heavy atom. The van der Waals surface area contributed by atoms with Gasteiger partial charge in [0.1, 0.15) is 5.82 Å². The predicted octanol–water partition coefficient (Wildman–Crippen LogP) is 1.83. The molecule has 0 spiro atoms. The molecule has 0 aliphatic rings. The van der Waals surface area contributed by atoms with Gasteiger partial charge in [-0.15, -0.1) is 0 Å². The molecule has 0 saturated heterocycles. The summed E-state index contributed by atoms with van der Waals surface area (Å²) in [5.74, 6) is -1.32. The maximum atomic E-state index is 13.5. The number of aliphatic hydroxyl groups is 1. The molecular weight excluding hydrogens is 255 g/mol. The van der Waals surface area contributed by atoms with E-state index >= 15 is 0 Å². The van der Waals surface area contributed by atoms with E-state index in [9.17, 15) is 14.3 Å². The van der Waals surface area contributed by atoms with E-state index in [1.165, 1.54) is 7.11 Å². The third-order valence-corrected chi connectivity index (χ3v) is 2.34. The first kappa shape index (κ1) is 15.2. The Hall–Kier alpha value is -1.82. The number of methoxy groups -OCH3 is 2. The lowest BCUT2D eigenvalue weighted by Gasteiger charge is -2.19. The standard InChI is InChI=1S/C13H17FO5/c1-7(2)19-12-9(11(15)13(16)18-4)5-8(14)6-10(12)17-3/h5-7,11,15H,1-4H3. The zero-order valence-electron chi connectivity index (χ0n) is 11.3. The summed E-state index contributed by atoms with van der Waals surface area (Å²) in [6.07, 6.45) is -1.87. The van der Waals surface area contributed by atoms with Gasteiger partial charge in [-0.05, 0) is 19.9 Å². The lowest BCUT2D eigenvalue weighted by atomic mass is 10.1. The topological polar surface area (TPSA) is 65.0 Å². The van der Waals surface area contributed by atoms with Crippen LogP contribution in [0.15, 0.2) is 12.1 Å². The number of aliphatic hydroxyl groups excluding tert-OH is 1. The number of carbonyl (C=O) groups excluding carboxylic acids is 1. The highest BCUT2D eigenvalue weighted by Crippen LogP contribution is 2.37. The van der Waals surface area contributed by atoms with E-state index in [1.807, 2.05) is 0 Å². The summed E-state index contributed by atoms with van der Waals surface area (Å²) in [5, 5.41) is 9.85. The van der Waals surface area contributed by atoms with Crippen molar-refractivity contribution in [3.63, 3.8) is 0 Å². The molecule has 0 saturated carbocycles. The molecule has 19 heavy (non-hydrogen) atoms. The van der Waals surface area contributed by atoms with Crippen LogP contribution >= 0.6 is 0 Å². The summed E-state index contributed by atoms with van der Waals surface area (Å²) < 4.78 is 28.4. The fraction of sp³-hybridized carbons (Fsp3) is 0.462. The van der Waals surface area contributed by atoms with Crippen molar-refractivity contribution in [3.8, 4) is 11.5 Å². The van der Waals surface area contributed by atoms with Gasteiger partial charge in [0.25, 0.3) is 0 Å². The van der Waals surface area contributed by atoms with E-state index in [-0.39, 0.29) is 23.2 Å². The van der Waals surface area contributed by atoms with E-state index < -0.39 is 17.9 Å². The van der Waals surface area contributed by atoms with Gasteiger partial charge in [0, 0.05) is 11.6 Å². The average molecular weight is 272 g/mol. The molecule has 1 N–H and O–H groups in total. The van der Waals surface area contributed by atoms with Crippen molar-refractivity contribution in [3.05, 3.63) is 23.5 Å². The third-order valence-electron chi connectivity index (χ3n) is 2.34. The Balaban J connectivity index is 3.33. The number of hydrogen-bond donors (Lipinski definition) is 1. The molecule has 1 unspecified atom stereocenters. The normalized spacial score (nSPS) is 12.2. The summed E-state index contributed by atoms with van der Waals surface area (Å²) in [6.45, 7) is 3.52. The second-order valence-electron chi connectivity index (χ2n) is 4.12. The Labute approximate surface area is 110 Å². The molecule has 0 aliphatic carbocycles. The van der Waals surface area contributed by atoms with Crippen LogP contribution in [-0.2, 0) is 9.53 Å². The molecule has 5 nitrogen and oxygen atoms in total. The van der Waals surface area contributed by atoms with Gasteiger partial charge in [-0.1, -0.05) is 0 Å². The van der Waals surface area contributed by atoms with Gasteiger partial charge in [0.05, 0.1) is 20.3 Å². The Morgan fingerprint density at radius 1 is 1.32 bits per heavy atom. The molecule has 0 radical (unpaired) electrons. The maximum absolute atomic E-state index is 13.5. The summed E-state index contributed by atoms with van der Waals surface area (Å²) in [4.78, 5) is 11.4. The Bertz CT molecular complexity index is 459. The van der Waals surface area contributed by atoms with Crippen LogP contribution in [0, 0.1) is 5.82 Å². The average Bonchev–Trinajstić information content (AvgIpc) is 2.37. The third kappa shape index (κ3) is 3.57. The van der Waals surface area contributed by atoms with Crippen LogP contribution < -0.4 is 9.47 Å². The van der Waals surface area contributed by atoms with Crippen molar-refractivity contribution in [1.82, 2.24) is 0 Å². The summed E-state index contributed by atoms with van der Waals surface area (Å²) in [6, 6.07) is 2.13. The lowest BCUT2D eigenvalue weighted by Crippen LogP contribution is -2.17. The van der Waals surface area contributed by atoms with Crippen molar-refractivity contribution in [2.75, 3.05) is 14.2 Å². The molecule has 106 valence electrons. The molecule has 0 heterocycles. The Morgan fingerprint density at radius 3 is 2.42 bits per heavy atom. The largest absolute Gasteiger partial charge is 0.493 e. The van der Waals surface area contributed by atoms with Crippen molar-refractivity contribution < 1.29 is 28.5 Å². The minimum absolute atomic E-state index is 0.0302. The minimum Gasteiger partial charge on any atom is -0.493 e. The van der Waals surface area contributed by atoms with E-state index in [0.29, 0.717) is 0 Å². The molecule has 0 aliphatic heterocycles.